The zero-order valence-corrected chi connectivity index (χ0v) is 18.6. The fourth-order valence-corrected chi connectivity index (χ4v) is 4.81. The topological polar surface area (TPSA) is 57.8 Å². The second-order valence-corrected chi connectivity index (χ2v) is 8.28. The number of likely N-dealkylation sites (N-methyl/N-ethyl adjacent to an activating group) is 1. The molecule has 162 valence electrons. The molecule has 0 spiro atoms. The molecule has 0 aliphatic carbocycles. The predicted molar refractivity (Wildman–Crippen MR) is 128 cm³/mol. The van der Waals surface area contributed by atoms with Crippen LogP contribution in [0, 0.1) is 6.92 Å². The quantitative estimate of drug-likeness (QED) is 0.602. The number of hydrogen-bond donors (Lipinski definition) is 1. The molecule has 0 amide bonds. The van der Waals surface area contributed by atoms with Crippen LogP contribution in [-0.4, -0.2) is 46.5 Å². The summed E-state index contributed by atoms with van der Waals surface area (Å²) in [6.07, 6.45) is 4.89. The summed E-state index contributed by atoms with van der Waals surface area (Å²) in [7, 11) is 0. The van der Waals surface area contributed by atoms with E-state index in [-0.39, 0.29) is 11.4 Å². The van der Waals surface area contributed by atoms with Gasteiger partial charge in [-0.15, -0.1) is 0 Å². The second kappa shape index (κ2) is 9.06. The van der Waals surface area contributed by atoms with Crippen LogP contribution in [0.4, 0.5) is 0 Å². The van der Waals surface area contributed by atoms with E-state index in [1.165, 1.54) is 11.0 Å². The molecule has 1 aliphatic heterocycles. The van der Waals surface area contributed by atoms with Gasteiger partial charge in [0, 0.05) is 23.0 Å². The molecule has 1 unspecified atom stereocenters. The summed E-state index contributed by atoms with van der Waals surface area (Å²) in [5.41, 5.74) is 3.14. The van der Waals surface area contributed by atoms with Crippen LogP contribution in [0.25, 0.3) is 16.5 Å². The molecule has 4 rings (SSSR count). The molecule has 0 saturated carbocycles. The molecule has 1 aromatic heterocycles. The number of rotatable bonds is 6. The SMILES string of the molecule is CCc1cccc(C)c1-n1c(O)c(C=NCC2CCCN2CC)c2ccccc2c1=O. The van der Waals surface area contributed by atoms with Gasteiger partial charge in [0.25, 0.3) is 5.56 Å². The predicted octanol–water partition coefficient (Wildman–Crippen LogP) is 4.47. The molecule has 1 atom stereocenters. The van der Waals surface area contributed by atoms with Gasteiger partial charge in [0.2, 0.25) is 5.88 Å². The zero-order chi connectivity index (χ0) is 22.0. The molecule has 2 aromatic carbocycles. The van der Waals surface area contributed by atoms with E-state index in [0.717, 1.165) is 48.1 Å². The van der Waals surface area contributed by atoms with E-state index >= 15 is 0 Å². The number of aromatic nitrogens is 1. The Balaban J connectivity index is 1.87. The van der Waals surface area contributed by atoms with E-state index in [2.05, 4.69) is 18.7 Å². The van der Waals surface area contributed by atoms with Gasteiger partial charge in [-0.3, -0.25) is 14.7 Å². The molecule has 0 bridgehead atoms. The molecule has 0 radical (unpaired) electrons. The maximum atomic E-state index is 13.4. The normalized spacial score (nSPS) is 17.2. The van der Waals surface area contributed by atoms with Gasteiger partial charge in [0.15, 0.2) is 0 Å². The Kier molecular flexibility index (Phi) is 6.23. The Morgan fingerprint density at radius 1 is 1.13 bits per heavy atom. The summed E-state index contributed by atoms with van der Waals surface area (Å²) in [5, 5.41) is 12.6. The first-order chi connectivity index (χ1) is 15.1. The first-order valence-corrected chi connectivity index (χ1v) is 11.3. The van der Waals surface area contributed by atoms with Crippen molar-refractivity contribution in [3.63, 3.8) is 0 Å². The number of para-hydroxylation sites is 1. The van der Waals surface area contributed by atoms with Gasteiger partial charge in [0.1, 0.15) is 0 Å². The lowest BCUT2D eigenvalue weighted by molar-refractivity contribution is 0.273. The van der Waals surface area contributed by atoms with Gasteiger partial charge in [-0.2, -0.15) is 0 Å². The third kappa shape index (κ3) is 3.90. The highest BCUT2D eigenvalue weighted by molar-refractivity contribution is 6.01. The molecule has 2 heterocycles. The highest BCUT2D eigenvalue weighted by Gasteiger charge is 2.23. The van der Waals surface area contributed by atoms with Crippen molar-refractivity contribution in [1.82, 2.24) is 9.47 Å². The van der Waals surface area contributed by atoms with E-state index in [0.29, 0.717) is 23.5 Å². The number of likely N-dealkylation sites (tertiary alicyclic amines) is 1. The van der Waals surface area contributed by atoms with Crippen molar-refractivity contribution in [3.05, 3.63) is 69.5 Å². The minimum Gasteiger partial charge on any atom is -0.494 e. The Morgan fingerprint density at radius 2 is 1.90 bits per heavy atom. The van der Waals surface area contributed by atoms with Crippen molar-refractivity contribution >= 4 is 17.0 Å². The van der Waals surface area contributed by atoms with Crippen LogP contribution in [0.1, 0.15) is 43.4 Å². The third-order valence-electron chi connectivity index (χ3n) is 6.47. The number of fused-ring (bicyclic) bond motifs is 1. The Bertz CT molecular complexity index is 1180. The van der Waals surface area contributed by atoms with Gasteiger partial charge in [-0.05, 0) is 56.5 Å². The van der Waals surface area contributed by atoms with Crippen molar-refractivity contribution in [3.8, 4) is 11.6 Å². The van der Waals surface area contributed by atoms with Crippen molar-refractivity contribution in [1.29, 1.82) is 0 Å². The number of aliphatic imine (C=N–C) groups is 1. The smallest absolute Gasteiger partial charge is 0.265 e. The molecule has 31 heavy (non-hydrogen) atoms. The maximum absolute atomic E-state index is 13.4. The Hall–Kier alpha value is -2.92. The summed E-state index contributed by atoms with van der Waals surface area (Å²) >= 11 is 0. The monoisotopic (exact) mass is 417 g/mol. The Morgan fingerprint density at radius 3 is 2.65 bits per heavy atom. The minimum absolute atomic E-state index is 0.0461. The van der Waals surface area contributed by atoms with Crippen LogP contribution in [0.3, 0.4) is 0 Å². The highest BCUT2D eigenvalue weighted by Crippen LogP contribution is 2.29. The lowest BCUT2D eigenvalue weighted by atomic mass is 10.0. The van der Waals surface area contributed by atoms with Gasteiger partial charge in [-0.1, -0.05) is 50.2 Å². The zero-order valence-electron chi connectivity index (χ0n) is 18.6. The molecular weight excluding hydrogens is 386 g/mol. The van der Waals surface area contributed by atoms with E-state index in [4.69, 9.17) is 4.99 Å². The number of benzene rings is 2. The number of aromatic hydroxyl groups is 1. The average Bonchev–Trinajstić information content (AvgIpc) is 3.24. The molecule has 1 fully saturated rings. The molecule has 1 aliphatic rings. The van der Waals surface area contributed by atoms with Crippen LogP contribution in [0.15, 0.2) is 52.3 Å². The van der Waals surface area contributed by atoms with Crippen molar-refractivity contribution in [2.75, 3.05) is 19.6 Å². The van der Waals surface area contributed by atoms with E-state index < -0.39 is 0 Å². The van der Waals surface area contributed by atoms with Gasteiger partial charge in [-0.25, -0.2) is 4.57 Å². The largest absolute Gasteiger partial charge is 0.494 e. The number of hydrogen-bond acceptors (Lipinski definition) is 4. The van der Waals surface area contributed by atoms with Crippen molar-refractivity contribution < 1.29 is 5.11 Å². The van der Waals surface area contributed by atoms with Gasteiger partial charge in [0.05, 0.1) is 17.8 Å². The molecule has 3 aromatic rings. The molecule has 5 heteroatoms. The third-order valence-corrected chi connectivity index (χ3v) is 6.47. The van der Waals surface area contributed by atoms with E-state index in [9.17, 15) is 9.90 Å². The number of pyridine rings is 1. The van der Waals surface area contributed by atoms with Gasteiger partial charge < -0.3 is 5.11 Å². The summed E-state index contributed by atoms with van der Waals surface area (Å²) in [4.78, 5) is 20.6. The standard InChI is InChI=1S/C26H31N3O2/c1-4-19-11-8-10-18(3)24(19)29-25(30)22-14-7-6-13-21(22)23(26(29)31)17-27-16-20-12-9-15-28(20)5-2/h6-8,10-11,13-14,17,20,31H,4-5,9,12,15-16H2,1-3H3. The van der Waals surface area contributed by atoms with Crippen LogP contribution < -0.4 is 5.56 Å². The van der Waals surface area contributed by atoms with E-state index in [1.807, 2.05) is 49.4 Å². The minimum atomic E-state index is -0.206. The fourth-order valence-electron chi connectivity index (χ4n) is 4.81. The molecular formula is C26H31N3O2. The first-order valence-electron chi connectivity index (χ1n) is 11.3. The molecule has 1 N–H and O–H groups in total. The van der Waals surface area contributed by atoms with Crippen molar-refractivity contribution in [2.24, 2.45) is 4.99 Å². The van der Waals surface area contributed by atoms with Crippen LogP contribution in [0.5, 0.6) is 5.88 Å². The molecule has 5 nitrogen and oxygen atoms in total. The first kappa shape index (κ1) is 21.3. The van der Waals surface area contributed by atoms with E-state index in [1.54, 1.807) is 6.21 Å². The van der Waals surface area contributed by atoms with Crippen LogP contribution in [0.2, 0.25) is 0 Å². The lowest BCUT2D eigenvalue weighted by Gasteiger charge is -2.21. The van der Waals surface area contributed by atoms with Gasteiger partial charge >= 0.3 is 0 Å². The summed E-state index contributed by atoms with van der Waals surface area (Å²) in [6, 6.07) is 13.9. The number of aryl methyl sites for hydroxylation is 2. The molecule has 1 saturated heterocycles. The fraction of sp³-hybridized carbons (Fsp3) is 0.385. The highest BCUT2D eigenvalue weighted by atomic mass is 16.3. The summed E-state index contributed by atoms with van der Waals surface area (Å²) < 4.78 is 1.46. The van der Waals surface area contributed by atoms with Crippen LogP contribution in [-0.2, 0) is 6.42 Å². The lowest BCUT2D eigenvalue weighted by Crippen LogP contribution is -2.31. The summed E-state index contributed by atoms with van der Waals surface area (Å²) in [6.45, 7) is 9.08. The maximum Gasteiger partial charge on any atom is 0.265 e. The van der Waals surface area contributed by atoms with Crippen LogP contribution >= 0.6 is 0 Å². The Labute approximate surface area is 183 Å². The van der Waals surface area contributed by atoms with Crippen molar-refractivity contribution in [2.45, 2.75) is 46.1 Å². The number of nitrogens with zero attached hydrogens (tertiary/aromatic N) is 3. The summed E-state index contributed by atoms with van der Waals surface area (Å²) in [5.74, 6) is -0.0461. The average molecular weight is 418 g/mol. The second-order valence-electron chi connectivity index (χ2n) is 8.28.